The van der Waals surface area contributed by atoms with Gasteiger partial charge in [0.05, 0.1) is 17.7 Å². The minimum atomic E-state index is -1.53. The van der Waals surface area contributed by atoms with Gasteiger partial charge in [-0.05, 0) is 25.1 Å². The standard InChI is InChI=1S/C21H24O10/c1-8-17(26)18(27)19(28)21(29-8)31-16-7-11-13(24)5-10(22)6-15(11)30-20(16)9-2-3-12(23)14(25)4-9/h2-6,8,16-28H,7H2,1H3/p+1. The van der Waals surface area contributed by atoms with Gasteiger partial charge in [0.1, 0.15) is 29.8 Å². The molecular weight excluding hydrogens is 412 g/mol. The highest BCUT2D eigenvalue weighted by molar-refractivity contribution is 5.51. The third-order valence-electron chi connectivity index (χ3n) is 5.68. The number of aliphatic hydroxyl groups excluding tert-OH is 3. The molecule has 2 aromatic carbocycles. The molecule has 4 rings (SSSR count). The molecule has 31 heavy (non-hydrogen) atoms. The SMILES string of the molecule is CC1OC(OC2Cc3c(O)cc(O)cc3[OH+]C2c2ccc(O)c(O)c2)C(O)C(O)C1O. The van der Waals surface area contributed by atoms with Gasteiger partial charge in [-0.1, -0.05) is 0 Å². The molecule has 7 atom stereocenters. The Labute approximate surface area is 177 Å². The molecule has 2 aliphatic heterocycles. The van der Waals surface area contributed by atoms with Crippen molar-refractivity contribution >= 4 is 0 Å². The van der Waals surface area contributed by atoms with E-state index in [1.54, 1.807) is 0 Å². The summed E-state index contributed by atoms with van der Waals surface area (Å²) in [6, 6.07) is 6.69. The fraction of sp³-hybridized carbons (Fsp3) is 0.429. The van der Waals surface area contributed by atoms with Crippen LogP contribution in [0.4, 0.5) is 0 Å². The second-order valence-corrected chi connectivity index (χ2v) is 7.84. The number of benzene rings is 2. The molecule has 0 amide bonds. The summed E-state index contributed by atoms with van der Waals surface area (Å²) in [4.78, 5) is 0. The summed E-state index contributed by atoms with van der Waals surface area (Å²) in [5.41, 5.74) is 0.869. The van der Waals surface area contributed by atoms with Crippen molar-refractivity contribution in [3.8, 4) is 28.7 Å². The van der Waals surface area contributed by atoms with E-state index in [1.165, 1.54) is 37.3 Å². The van der Waals surface area contributed by atoms with Crippen LogP contribution in [0, 0.1) is 0 Å². The topological polar surface area (TPSA) is 173 Å². The summed E-state index contributed by atoms with van der Waals surface area (Å²) in [5, 5.41) is 70.0. The van der Waals surface area contributed by atoms with Crippen LogP contribution in [0.25, 0.3) is 0 Å². The van der Waals surface area contributed by atoms with Gasteiger partial charge in [0.2, 0.25) is 6.10 Å². The van der Waals surface area contributed by atoms with E-state index in [0.717, 1.165) is 0 Å². The molecule has 0 aromatic heterocycles. The predicted octanol–water partition coefficient (Wildman–Crippen LogP) is 0.260. The highest BCUT2D eigenvalue weighted by Crippen LogP contribution is 2.45. The number of phenolic OH excluding ortho intramolecular Hbond substituents is 4. The minimum absolute atomic E-state index is 0.108. The van der Waals surface area contributed by atoms with Gasteiger partial charge in [-0.15, -0.1) is 0 Å². The normalized spacial score (nSPS) is 32.8. The zero-order chi connectivity index (χ0) is 22.4. The first-order chi connectivity index (χ1) is 14.7. The first kappa shape index (κ1) is 21.5. The zero-order valence-corrected chi connectivity index (χ0v) is 16.5. The van der Waals surface area contributed by atoms with Crippen molar-refractivity contribution < 1.29 is 50.0 Å². The van der Waals surface area contributed by atoms with E-state index in [-0.39, 0.29) is 29.4 Å². The van der Waals surface area contributed by atoms with Gasteiger partial charge < -0.3 is 50.0 Å². The predicted molar refractivity (Wildman–Crippen MR) is 105 cm³/mol. The van der Waals surface area contributed by atoms with Crippen LogP contribution in [-0.2, 0) is 15.9 Å². The van der Waals surface area contributed by atoms with Crippen LogP contribution in [0.15, 0.2) is 30.3 Å². The maximum absolute atomic E-state index is 10.3. The van der Waals surface area contributed by atoms with Crippen LogP contribution in [0.2, 0.25) is 0 Å². The molecule has 0 bridgehead atoms. The quantitative estimate of drug-likeness (QED) is 0.263. The third kappa shape index (κ3) is 3.95. The maximum atomic E-state index is 10.3. The highest BCUT2D eigenvalue weighted by atomic mass is 16.7. The molecule has 2 aromatic rings. The smallest absolute Gasteiger partial charge is 0.265 e. The Kier molecular flexibility index (Phi) is 5.58. The average Bonchev–Trinajstić information content (AvgIpc) is 2.72. The Morgan fingerprint density at radius 3 is 2.35 bits per heavy atom. The molecule has 10 heteroatoms. The molecule has 1 fully saturated rings. The molecule has 2 aliphatic rings. The van der Waals surface area contributed by atoms with Crippen LogP contribution in [-0.4, -0.2) is 77.3 Å². The summed E-state index contributed by atoms with van der Waals surface area (Å²) < 4.78 is 16.0. The molecule has 10 nitrogen and oxygen atoms in total. The van der Waals surface area contributed by atoms with Crippen molar-refractivity contribution in [2.75, 3.05) is 0 Å². The number of hydrogen-bond acceptors (Lipinski definition) is 9. The third-order valence-corrected chi connectivity index (χ3v) is 5.68. The molecule has 0 spiro atoms. The van der Waals surface area contributed by atoms with Gasteiger partial charge in [0.25, 0.3) is 5.75 Å². The molecule has 0 saturated carbocycles. The van der Waals surface area contributed by atoms with Gasteiger partial charge in [0, 0.05) is 18.1 Å². The largest absolute Gasteiger partial charge is 0.575 e. The summed E-state index contributed by atoms with van der Waals surface area (Å²) in [6.45, 7) is 1.53. The molecule has 168 valence electrons. The van der Waals surface area contributed by atoms with Gasteiger partial charge in [-0.25, -0.2) is 0 Å². The van der Waals surface area contributed by atoms with E-state index in [9.17, 15) is 35.7 Å². The van der Waals surface area contributed by atoms with Crippen LogP contribution in [0.1, 0.15) is 24.2 Å². The van der Waals surface area contributed by atoms with Crippen LogP contribution in [0.5, 0.6) is 28.7 Å². The van der Waals surface area contributed by atoms with E-state index in [1.807, 2.05) is 0 Å². The Morgan fingerprint density at radius 2 is 1.65 bits per heavy atom. The number of hydrogen-bond donors (Lipinski definition) is 7. The fourth-order valence-corrected chi connectivity index (χ4v) is 3.93. The van der Waals surface area contributed by atoms with Crippen molar-refractivity contribution in [1.82, 2.24) is 0 Å². The van der Waals surface area contributed by atoms with Crippen molar-refractivity contribution in [2.24, 2.45) is 0 Å². The van der Waals surface area contributed by atoms with Gasteiger partial charge >= 0.3 is 0 Å². The summed E-state index contributed by atoms with van der Waals surface area (Å²) in [5.74, 6) is -0.720. The molecule has 8 N–H and O–H groups in total. The summed E-state index contributed by atoms with van der Waals surface area (Å²) in [7, 11) is 0. The van der Waals surface area contributed by atoms with Gasteiger partial charge in [0.15, 0.2) is 23.9 Å². The number of fused-ring (bicyclic) bond motifs is 1. The van der Waals surface area contributed by atoms with Gasteiger partial charge in [-0.3, -0.25) is 0 Å². The Balaban J connectivity index is 1.69. The molecule has 0 aliphatic carbocycles. The monoisotopic (exact) mass is 437 g/mol. The van der Waals surface area contributed by atoms with E-state index < -0.39 is 42.9 Å². The Hall–Kier alpha value is -2.76. The number of ether oxygens (including phenoxy) is 3. The lowest BCUT2D eigenvalue weighted by Gasteiger charge is -2.41. The van der Waals surface area contributed by atoms with Crippen LogP contribution >= 0.6 is 0 Å². The minimum Gasteiger partial charge on any atom is -0.575 e. The molecule has 2 heterocycles. The lowest BCUT2D eigenvalue weighted by atomic mass is 9.93. The highest BCUT2D eigenvalue weighted by Gasteiger charge is 2.47. The summed E-state index contributed by atoms with van der Waals surface area (Å²) in [6.07, 6.45) is -7.88. The maximum Gasteiger partial charge on any atom is 0.265 e. The fourth-order valence-electron chi connectivity index (χ4n) is 3.93. The van der Waals surface area contributed by atoms with E-state index in [0.29, 0.717) is 16.9 Å². The first-order valence-corrected chi connectivity index (χ1v) is 9.78. The van der Waals surface area contributed by atoms with Crippen molar-refractivity contribution in [3.05, 3.63) is 41.5 Å². The van der Waals surface area contributed by atoms with E-state index >= 15 is 0 Å². The second-order valence-electron chi connectivity index (χ2n) is 7.84. The molecule has 0 radical (unpaired) electrons. The van der Waals surface area contributed by atoms with Crippen LogP contribution in [0.3, 0.4) is 0 Å². The number of aliphatic hydroxyl groups is 4. The lowest BCUT2D eigenvalue weighted by Crippen LogP contribution is -2.58. The number of phenols is 4. The summed E-state index contributed by atoms with van der Waals surface area (Å²) >= 11 is 0. The Morgan fingerprint density at radius 1 is 0.903 bits per heavy atom. The van der Waals surface area contributed by atoms with E-state index in [4.69, 9.17) is 9.47 Å². The van der Waals surface area contributed by atoms with Crippen molar-refractivity contribution in [2.45, 2.75) is 56.3 Å². The van der Waals surface area contributed by atoms with Crippen molar-refractivity contribution in [1.29, 1.82) is 0 Å². The molecule has 7 unspecified atom stereocenters. The van der Waals surface area contributed by atoms with Crippen molar-refractivity contribution in [3.63, 3.8) is 0 Å². The lowest BCUT2D eigenvalue weighted by molar-refractivity contribution is -0.316. The number of rotatable bonds is 3. The van der Waals surface area contributed by atoms with Crippen LogP contribution < -0.4 is 0 Å². The molecular formula is C21H25O10+. The number of aromatic hydroxyl groups is 5. The Bertz CT molecular complexity index is 963. The molecule has 1 saturated heterocycles. The average molecular weight is 437 g/mol. The van der Waals surface area contributed by atoms with Gasteiger partial charge in [-0.2, -0.15) is 0 Å². The second kappa shape index (κ2) is 8.06. The first-order valence-electron chi connectivity index (χ1n) is 9.78. The zero-order valence-electron chi connectivity index (χ0n) is 16.5. The van der Waals surface area contributed by atoms with E-state index in [2.05, 4.69) is 4.74 Å².